The fourth-order valence-electron chi connectivity index (χ4n) is 15.0. The molecule has 1 aromatic rings. The van der Waals surface area contributed by atoms with E-state index in [2.05, 4.69) is 126 Å². The minimum absolute atomic E-state index is 0.00883. The minimum Gasteiger partial charge on any atom is -0.349 e. The number of piperazine rings is 4. The van der Waals surface area contributed by atoms with Crippen molar-refractivity contribution in [3.63, 3.8) is 0 Å². The van der Waals surface area contributed by atoms with Gasteiger partial charge in [0.05, 0.1) is 22.2 Å². The molecule has 4 fully saturated rings. The third-order valence-electron chi connectivity index (χ3n) is 17.8. The van der Waals surface area contributed by atoms with E-state index >= 15 is 0 Å². The molecule has 5 N–H and O–H groups in total. The summed E-state index contributed by atoms with van der Waals surface area (Å²) in [5, 5.41) is 17.7. The topological polar surface area (TPSA) is 227 Å². The summed E-state index contributed by atoms with van der Waals surface area (Å²) in [5.74, 6) is 1.54. The number of nitrogens with zero attached hydrogens (tertiary/aromatic N) is 11. The Morgan fingerprint density at radius 1 is 0.427 bits per heavy atom. The molecule has 22 nitrogen and oxygen atoms in total. The summed E-state index contributed by atoms with van der Waals surface area (Å²) < 4.78 is 0. The molecule has 5 heterocycles. The SMILES string of the molecule is CC(=O)N(CCCCCCN(c1nc(NC(C)(C)C)nc(N(CCCCCCN(C(C)=O)C(C)CN2CC(C)(C)NC(C)(C)C2=O)C(C)CN2CC(C)(C)NC(C)(C)C2=O)n1)C(C)CN1CC(C)(C)NC(C)(C)C1=O)C(C)CN1CC(C)(C)NC(C)(C)C1=O. The predicted octanol–water partition coefficient (Wildman–Crippen LogP) is 7.02. The van der Waals surface area contributed by atoms with Crippen molar-refractivity contribution in [2.75, 3.05) is 93.7 Å². The van der Waals surface area contributed by atoms with Gasteiger partial charge in [0, 0.05) is 144 Å². The molecule has 4 aliphatic rings. The summed E-state index contributed by atoms with van der Waals surface area (Å²) in [6.45, 7) is 56.6. The zero-order chi connectivity index (χ0) is 67.4. The first-order valence-corrected chi connectivity index (χ1v) is 33.5. The number of rotatable bonds is 29. The standard InChI is InChI=1S/C67H124N16O6/c1-46(38-76-42-60(10,11)72-64(18,19)52(76)86)80(50(5)84)34-30-26-28-32-36-82(48(3)40-78-44-62(14,15)74-66(22,23)54(78)88)57-68-56(71-59(7,8)9)69-58(70-57)83(49(4)41-79-45-63(16,17)75-67(24,25)55(79)89)37-33-29-27-31-35-81(51(6)85)47(2)39-77-43-61(12,13)73-65(20,21)53(77)87/h46-49,72-75H,26-45H2,1-25H3,(H,68,69,70,71). The van der Waals surface area contributed by atoms with Crippen molar-refractivity contribution >= 4 is 53.3 Å². The van der Waals surface area contributed by atoms with Crippen LogP contribution in [0, 0.1) is 0 Å². The molecule has 0 bridgehead atoms. The fourth-order valence-corrected chi connectivity index (χ4v) is 15.0. The highest BCUT2D eigenvalue weighted by Crippen LogP contribution is 2.30. The van der Waals surface area contributed by atoms with Crippen molar-refractivity contribution < 1.29 is 28.8 Å². The van der Waals surface area contributed by atoms with Crippen LogP contribution in [0.4, 0.5) is 17.8 Å². The van der Waals surface area contributed by atoms with E-state index in [0.29, 0.717) is 96.4 Å². The third-order valence-corrected chi connectivity index (χ3v) is 17.8. The first-order valence-electron chi connectivity index (χ1n) is 33.5. The van der Waals surface area contributed by atoms with E-state index in [0.717, 1.165) is 51.4 Å². The summed E-state index contributed by atoms with van der Waals surface area (Å²) in [5.41, 5.74) is -4.55. The normalized spacial score (nSPS) is 22.3. The summed E-state index contributed by atoms with van der Waals surface area (Å²) >= 11 is 0. The molecule has 4 aliphatic heterocycles. The van der Waals surface area contributed by atoms with Crippen LogP contribution in [0.5, 0.6) is 0 Å². The Morgan fingerprint density at radius 2 is 0.674 bits per heavy atom. The number of aromatic nitrogens is 3. The van der Waals surface area contributed by atoms with Gasteiger partial charge in [0.2, 0.25) is 53.3 Å². The Balaban J connectivity index is 1.43. The molecule has 508 valence electrons. The molecule has 6 amide bonds. The first-order chi connectivity index (χ1) is 40.6. The lowest BCUT2D eigenvalue weighted by Gasteiger charge is -2.48. The Hall–Kier alpha value is -4.93. The average molecular weight is 1250 g/mol. The maximum Gasteiger partial charge on any atom is 0.242 e. The average Bonchev–Trinajstić information content (AvgIpc) is 0.880. The number of carbonyl (C=O) groups is 6. The van der Waals surface area contributed by atoms with Gasteiger partial charge in [0.1, 0.15) is 0 Å². The van der Waals surface area contributed by atoms with Crippen molar-refractivity contribution in [2.45, 2.75) is 298 Å². The van der Waals surface area contributed by atoms with Crippen molar-refractivity contribution in [3.8, 4) is 0 Å². The molecule has 5 rings (SSSR count). The molecule has 4 saturated heterocycles. The molecular weight excluding hydrogens is 1120 g/mol. The van der Waals surface area contributed by atoms with Crippen LogP contribution in [-0.2, 0) is 28.8 Å². The molecule has 0 aliphatic carbocycles. The number of anilines is 3. The Morgan fingerprint density at radius 3 is 0.921 bits per heavy atom. The lowest BCUT2D eigenvalue weighted by Crippen LogP contribution is -2.70. The van der Waals surface area contributed by atoms with E-state index in [1.807, 2.05) is 98.6 Å². The van der Waals surface area contributed by atoms with Crippen molar-refractivity contribution in [1.29, 1.82) is 0 Å². The molecule has 22 heteroatoms. The summed E-state index contributed by atoms with van der Waals surface area (Å²) in [6, 6.07) is -0.761. The molecule has 89 heavy (non-hydrogen) atoms. The quantitative estimate of drug-likeness (QED) is 0.0508. The first kappa shape index (κ1) is 74.8. The Labute approximate surface area is 537 Å². The molecule has 4 atom stereocenters. The van der Waals surface area contributed by atoms with Gasteiger partial charge in [-0.3, -0.25) is 50.0 Å². The van der Waals surface area contributed by atoms with Crippen molar-refractivity contribution in [1.82, 2.24) is 65.6 Å². The Kier molecular flexibility index (Phi) is 24.0. The van der Waals surface area contributed by atoms with E-state index in [4.69, 9.17) is 15.0 Å². The van der Waals surface area contributed by atoms with E-state index in [-0.39, 0.29) is 81.8 Å². The van der Waals surface area contributed by atoms with Crippen LogP contribution < -0.4 is 36.4 Å². The molecular formula is C67H124N16O6. The lowest BCUT2D eigenvalue weighted by molar-refractivity contribution is -0.146. The third kappa shape index (κ3) is 20.8. The maximum atomic E-state index is 14.2. The van der Waals surface area contributed by atoms with E-state index in [1.165, 1.54) is 0 Å². The van der Waals surface area contributed by atoms with Crippen LogP contribution in [0.2, 0.25) is 0 Å². The molecule has 0 saturated carbocycles. The second-order valence-electron chi connectivity index (χ2n) is 32.9. The van der Waals surface area contributed by atoms with Gasteiger partial charge in [-0.25, -0.2) is 0 Å². The summed E-state index contributed by atoms with van der Waals surface area (Å²) in [6.07, 6.45) is 6.63. The number of hydrogen-bond acceptors (Lipinski definition) is 16. The molecule has 0 radical (unpaired) electrons. The van der Waals surface area contributed by atoms with Gasteiger partial charge in [-0.05, 0) is 185 Å². The second kappa shape index (κ2) is 28.5. The minimum atomic E-state index is -0.768. The van der Waals surface area contributed by atoms with Crippen molar-refractivity contribution in [3.05, 3.63) is 0 Å². The van der Waals surface area contributed by atoms with Crippen molar-refractivity contribution in [2.24, 2.45) is 0 Å². The van der Waals surface area contributed by atoms with Gasteiger partial charge in [-0.15, -0.1) is 0 Å². The lowest BCUT2D eigenvalue weighted by atomic mass is 9.90. The van der Waals surface area contributed by atoms with Gasteiger partial charge < -0.3 is 44.5 Å². The number of unbranched alkanes of at least 4 members (excludes halogenated alkanes) is 6. The van der Waals surface area contributed by atoms with Crippen LogP contribution >= 0.6 is 0 Å². The van der Waals surface area contributed by atoms with E-state index in [9.17, 15) is 28.8 Å². The van der Waals surface area contributed by atoms with Crippen LogP contribution in [-0.4, -0.2) is 232 Å². The molecule has 0 spiro atoms. The largest absolute Gasteiger partial charge is 0.349 e. The van der Waals surface area contributed by atoms with Crippen LogP contribution in [0.25, 0.3) is 0 Å². The smallest absolute Gasteiger partial charge is 0.242 e. The monoisotopic (exact) mass is 1250 g/mol. The van der Waals surface area contributed by atoms with E-state index in [1.54, 1.807) is 13.8 Å². The van der Waals surface area contributed by atoms with Gasteiger partial charge >= 0.3 is 0 Å². The molecule has 1 aromatic heterocycles. The van der Waals surface area contributed by atoms with Gasteiger partial charge in [-0.1, -0.05) is 25.7 Å². The van der Waals surface area contributed by atoms with Gasteiger partial charge in [0.15, 0.2) is 0 Å². The number of amides is 6. The summed E-state index contributed by atoms with van der Waals surface area (Å²) in [7, 11) is 0. The second-order valence-corrected chi connectivity index (χ2v) is 32.9. The maximum absolute atomic E-state index is 14.2. The van der Waals surface area contributed by atoms with Crippen LogP contribution in [0.1, 0.15) is 224 Å². The number of carbonyl (C=O) groups excluding carboxylic acids is 6. The number of nitrogens with one attached hydrogen (secondary N) is 5. The van der Waals surface area contributed by atoms with Crippen LogP contribution in [0.15, 0.2) is 0 Å². The zero-order valence-corrected chi connectivity index (χ0v) is 60.3. The van der Waals surface area contributed by atoms with Crippen LogP contribution in [0.3, 0.4) is 0 Å². The fraction of sp³-hybridized carbons (Fsp3) is 0.866. The Bertz CT molecular complexity index is 2460. The van der Waals surface area contributed by atoms with Gasteiger partial charge in [0.25, 0.3) is 0 Å². The van der Waals surface area contributed by atoms with Gasteiger partial charge in [-0.2, -0.15) is 15.0 Å². The summed E-state index contributed by atoms with van der Waals surface area (Å²) in [4.78, 5) is 114. The molecule has 4 unspecified atom stereocenters. The number of hydrogen-bond donors (Lipinski definition) is 5. The van der Waals surface area contributed by atoms with E-state index < -0.39 is 27.7 Å². The zero-order valence-electron chi connectivity index (χ0n) is 60.3. The highest BCUT2D eigenvalue weighted by Gasteiger charge is 2.48. The predicted molar refractivity (Wildman–Crippen MR) is 359 cm³/mol. The molecule has 0 aromatic carbocycles. The highest BCUT2D eigenvalue weighted by atomic mass is 16.2. The highest BCUT2D eigenvalue weighted by molar-refractivity contribution is 5.88.